The van der Waals surface area contributed by atoms with E-state index in [0.717, 1.165) is 12.2 Å². The summed E-state index contributed by atoms with van der Waals surface area (Å²) >= 11 is 0. The third-order valence-corrected chi connectivity index (χ3v) is 2.65. The third kappa shape index (κ3) is 5.59. The third-order valence-electron chi connectivity index (χ3n) is 2.65. The lowest BCUT2D eigenvalue weighted by Gasteiger charge is -2.10. The summed E-state index contributed by atoms with van der Waals surface area (Å²) in [5.74, 6) is 1.13. The second kappa shape index (κ2) is 8.55. The van der Waals surface area contributed by atoms with Crippen LogP contribution in [0.5, 0.6) is 5.75 Å². The van der Waals surface area contributed by atoms with Gasteiger partial charge in [0.05, 0.1) is 32.5 Å². The van der Waals surface area contributed by atoms with E-state index in [1.54, 1.807) is 13.2 Å². The summed E-state index contributed by atoms with van der Waals surface area (Å²) in [7, 11) is 1.56. The highest BCUT2D eigenvalue weighted by atomic mass is 16.5. The first kappa shape index (κ1) is 16.5. The molecular weight excluding hydrogens is 256 g/mol. The van der Waals surface area contributed by atoms with Crippen LogP contribution in [0.25, 0.3) is 0 Å². The molecule has 0 saturated heterocycles. The summed E-state index contributed by atoms with van der Waals surface area (Å²) in [4.78, 5) is 0. The molecule has 112 valence electrons. The fraction of sp³-hybridized carbons (Fsp3) is 0.533. The summed E-state index contributed by atoms with van der Waals surface area (Å²) in [5.41, 5.74) is 7.05. The molecule has 20 heavy (non-hydrogen) atoms. The molecule has 0 atom stereocenters. The molecule has 1 aromatic rings. The summed E-state index contributed by atoms with van der Waals surface area (Å²) in [5, 5.41) is 7.45. The summed E-state index contributed by atoms with van der Waals surface area (Å²) in [6.45, 7) is 6.63. The number of nitrogens with one attached hydrogen (secondary N) is 1. The fourth-order valence-corrected chi connectivity index (χ4v) is 1.67. The summed E-state index contributed by atoms with van der Waals surface area (Å²) in [6, 6.07) is 5.50. The van der Waals surface area contributed by atoms with Crippen molar-refractivity contribution >= 4 is 5.84 Å². The predicted octanol–water partition coefficient (Wildman–Crippen LogP) is 2.17. The van der Waals surface area contributed by atoms with Crippen LogP contribution in [0.3, 0.4) is 0 Å². The zero-order valence-electron chi connectivity index (χ0n) is 12.4. The van der Waals surface area contributed by atoms with Crippen molar-refractivity contribution in [3.05, 3.63) is 29.3 Å². The molecular formula is C15H24N2O3. The van der Waals surface area contributed by atoms with E-state index in [1.165, 1.54) is 0 Å². The number of methoxy groups -OCH3 is 1. The van der Waals surface area contributed by atoms with Gasteiger partial charge in [-0.3, -0.25) is 5.41 Å². The van der Waals surface area contributed by atoms with Crippen molar-refractivity contribution in [3.8, 4) is 5.75 Å². The monoisotopic (exact) mass is 280 g/mol. The molecule has 0 heterocycles. The molecule has 0 aliphatic carbocycles. The number of ether oxygens (including phenoxy) is 3. The maximum absolute atomic E-state index is 7.45. The summed E-state index contributed by atoms with van der Waals surface area (Å²) < 4.78 is 16.2. The minimum atomic E-state index is -0.00333. The number of amidine groups is 1. The van der Waals surface area contributed by atoms with Crippen LogP contribution in [-0.4, -0.2) is 32.8 Å². The molecule has 5 heteroatoms. The normalized spacial score (nSPS) is 10.8. The van der Waals surface area contributed by atoms with Gasteiger partial charge in [0.1, 0.15) is 11.6 Å². The molecule has 0 saturated carbocycles. The second-order valence-electron chi connectivity index (χ2n) is 4.97. The van der Waals surface area contributed by atoms with Gasteiger partial charge in [0.25, 0.3) is 0 Å². The van der Waals surface area contributed by atoms with E-state index >= 15 is 0 Å². The van der Waals surface area contributed by atoms with Crippen LogP contribution in [0.2, 0.25) is 0 Å². The SMILES string of the molecule is COc1cc(COCCOCC(C)C)ccc1C(=N)N. The van der Waals surface area contributed by atoms with Gasteiger partial charge >= 0.3 is 0 Å². The Morgan fingerprint density at radius 3 is 2.55 bits per heavy atom. The van der Waals surface area contributed by atoms with E-state index in [2.05, 4.69) is 13.8 Å². The van der Waals surface area contributed by atoms with E-state index < -0.39 is 0 Å². The van der Waals surface area contributed by atoms with Gasteiger partial charge in [-0.05, 0) is 23.6 Å². The number of nitrogens with two attached hydrogens (primary N) is 1. The van der Waals surface area contributed by atoms with Crippen molar-refractivity contribution in [1.29, 1.82) is 5.41 Å². The van der Waals surface area contributed by atoms with Crippen LogP contribution in [0.4, 0.5) is 0 Å². The van der Waals surface area contributed by atoms with E-state index in [-0.39, 0.29) is 5.84 Å². The summed E-state index contributed by atoms with van der Waals surface area (Å²) in [6.07, 6.45) is 0. The average Bonchev–Trinajstić information content (AvgIpc) is 2.41. The maximum Gasteiger partial charge on any atom is 0.130 e. The van der Waals surface area contributed by atoms with E-state index in [4.69, 9.17) is 25.4 Å². The van der Waals surface area contributed by atoms with Crippen LogP contribution < -0.4 is 10.5 Å². The minimum Gasteiger partial charge on any atom is -0.496 e. The van der Waals surface area contributed by atoms with Crippen molar-refractivity contribution in [1.82, 2.24) is 0 Å². The molecule has 0 amide bonds. The Labute approximate surface area is 120 Å². The fourth-order valence-electron chi connectivity index (χ4n) is 1.67. The largest absolute Gasteiger partial charge is 0.496 e. The molecule has 0 aromatic heterocycles. The van der Waals surface area contributed by atoms with Gasteiger partial charge in [0.15, 0.2) is 0 Å². The Balaban J connectivity index is 2.39. The molecule has 0 radical (unpaired) electrons. The first-order valence-corrected chi connectivity index (χ1v) is 6.71. The number of hydrogen-bond donors (Lipinski definition) is 2. The van der Waals surface area contributed by atoms with Crippen LogP contribution >= 0.6 is 0 Å². The highest BCUT2D eigenvalue weighted by Crippen LogP contribution is 2.20. The Morgan fingerprint density at radius 2 is 1.95 bits per heavy atom. The van der Waals surface area contributed by atoms with Crippen molar-refractivity contribution in [2.24, 2.45) is 11.7 Å². The van der Waals surface area contributed by atoms with Gasteiger partial charge in [-0.2, -0.15) is 0 Å². The Kier molecular flexibility index (Phi) is 7.04. The molecule has 0 spiro atoms. The van der Waals surface area contributed by atoms with Gasteiger partial charge in [0, 0.05) is 6.61 Å². The van der Waals surface area contributed by atoms with Crippen molar-refractivity contribution < 1.29 is 14.2 Å². The molecule has 0 bridgehead atoms. The minimum absolute atomic E-state index is 0.00333. The highest BCUT2D eigenvalue weighted by molar-refractivity contribution is 5.97. The lowest BCUT2D eigenvalue weighted by atomic mass is 10.1. The molecule has 3 N–H and O–H groups in total. The van der Waals surface area contributed by atoms with Crippen LogP contribution in [-0.2, 0) is 16.1 Å². The van der Waals surface area contributed by atoms with Crippen molar-refractivity contribution in [2.75, 3.05) is 26.9 Å². The Morgan fingerprint density at radius 1 is 1.25 bits per heavy atom. The highest BCUT2D eigenvalue weighted by Gasteiger charge is 2.07. The molecule has 1 aromatic carbocycles. The average molecular weight is 280 g/mol. The molecule has 5 nitrogen and oxygen atoms in total. The second-order valence-corrected chi connectivity index (χ2v) is 4.97. The number of benzene rings is 1. The maximum atomic E-state index is 7.45. The first-order chi connectivity index (χ1) is 9.54. The number of nitrogen functional groups attached to an aromatic ring is 1. The standard InChI is InChI=1S/C15H24N2O3/c1-11(2)9-19-6-7-20-10-12-4-5-13(15(16)17)14(8-12)18-3/h4-5,8,11H,6-7,9-10H2,1-3H3,(H3,16,17). The van der Waals surface area contributed by atoms with Gasteiger partial charge < -0.3 is 19.9 Å². The van der Waals surface area contributed by atoms with E-state index in [9.17, 15) is 0 Å². The smallest absolute Gasteiger partial charge is 0.130 e. The molecule has 0 unspecified atom stereocenters. The quantitative estimate of drug-likeness (QED) is 0.413. The van der Waals surface area contributed by atoms with Gasteiger partial charge in [-0.1, -0.05) is 19.9 Å². The van der Waals surface area contributed by atoms with Gasteiger partial charge in [-0.15, -0.1) is 0 Å². The van der Waals surface area contributed by atoms with Crippen LogP contribution in [0, 0.1) is 11.3 Å². The Hall–Kier alpha value is -1.59. The van der Waals surface area contributed by atoms with Crippen molar-refractivity contribution in [2.45, 2.75) is 20.5 Å². The van der Waals surface area contributed by atoms with Crippen molar-refractivity contribution in [3.63, 3.8) is 0 Å². The van der Waals surface area contributed by atoms with Crippen LogP contribution in [0.1, 0.15) is 25.0 Å². The number of hydrogen-bond acceptors (Lipinski definition) is 4. The van der Waals surface area contributed by atoms with Crippen LogP contribution in [0.15, 0.2) is 18.2 Å². The lowest BCUT2D eigenvalue weighted by Crippen LogP contribution is -2.13. The predicted molar refractivity (Wildman–Crippen MR) is 79.3 cm³/mol. The molecule has 0 aliphatic heterocycles. The lowest BCUT2D eigenvalue weighted by molar-refractivity contribution is 0.0314. The van der Waals surface area contributed by atoms with Gasteiger partial charge in [-0.25, -0.2) is 0 Å². The first-order valence-electron chi connectivity index (χ1n) is 6.71. The molecule has 1 rings (SSSR count). The molecule has 0 fully saturated rings. The van der Waals surface area contributed by atoms with E-state index in [0.29, 0.717) is 37.1 Å². The Bertz CT molecular complexity index is 433. The zero-order valence-corrected chi connectivity index (χ0v) is 12.4. The zero-order chi connectivity index (χ0) is 15.0. The molecule has 0 aliphatic rings. The topological polar surface area (TPSA) is 77.6 Å². The van der Waals surface area contributed by atoms with E-state index in [1.807, 2.05) is 12.1 Å². The van der Waals surface area contributed by atoms with Gasteiger partial charge in [0.2, 0.25) is 0 Å². The number of rotatable bonds is 9.